The lowest BCUT2D eigenvalue weighted by Crippen LogP contribution is -2.33. The first-order chi connectivity index (χ1) is 10.1. The van der Waals surface area contributed by atoms with Crippen molar-refractivity contribution in [3.8, 4) is 17.0 Å². The van der Waals surface area contributed by atoms with E-state index in [0.717, 1.165) is 5.56 Å². The Morgan fingerprint density at radius 2 is 2.19 bits per heavy atom. The van der Waals surface area contributed by atoms with Gasteiger partial charge >= 0.3 is 5.69 Å². The lowest BCUT2D eigenvalue weighted by Gasteiger charge is -2.16. The van der Waals surface area contributed by atoms with Crippen molar-refractivity contribution in [3.05, 3.63) is 50.7 Å². The van der Waals surface area contributed by atoms with Gasteiger partial charge in [-0.05, 0) is 18.9 Å². The monoisotopic (exact) mass is 288 g/mol. The summed E-state index contributed by atoms with van der Waals surface area (Å²) in [6, 6.07) is 6.98. The van der Waals surface area contributed by atoms with E-state index in [-0.39, 0.29) is 17.5 Å². The topological polar surface area (TPSA) is 84.3 Å². The normalized spacial score (nSPS) is 18.0. The molecule has 3 rings (SSSR count). The van der Waals surface area contributed by atoms with Gasteiger partial charge in [-0.15, -0.1) is 0 Å². The van der Waals surface area contributed by atoms with Crippen LogP contribution in [0.1, 0.15) is 18.0 Å². The van der Waals surface area contributed by atoms with Crippen molar-refractivity contribution >= 4 is 0 Å². The molecule has 2 aromatic rings. The standard InChI is InChI=1S/C15H16N2O4/c1-9-3-2-4-10(7-9)12-13(18)16-15(20)17(14(12)19)11-5-6-21-8-11/h2-4,7,11,19H,5-6,8H2,1H3,(H,16,18,20). The molecule has 1 atom stereocenters. The van der Waals surface area contributed by atoms with Gasteiger partial charge in [0.2, 0.25) is 5.88 Å². The Kier molecular flexibility index (Phi) is 3.39. The van der Waals surface area contributed by atoms with Gasteiger partial charge in [-0.25, -0.2) is 4.79 Å². The first-order valence-corrected chi connectivity index (χ1v) is 6.80. The lowest BCUT2D eigenvalue weighted by atomic mass is 10.1. The Balaban J connectivity index is 2.23. The first-order valence-electron chi connectivity index (χ1n) is 6.80. The second kappa shape index (κ2) is 5.21. The summed E-state index contributed by atoms with van der Waals surface area (Å²) in [6.07, 6.45) is 0.632. The maximum Gasteiger partial charge on any atom is 0.331 e. The highest BCUT2D eigenvalue weighted by Gasteiger charge is 2.25. The van der Waals surface area contributed by atoms with Gasteiger partial charge in [0, 0.05) is 6.61 Å². The fraction of sp³-hybridized carbons (Fsp3) is 0.333. The molecule has 110 valence electrons. The third-order valence-electron chi connectivity index (χ3n) is 3.70. The smallest absolute Gasteiger partial charge is 0.331 e. The summed E-state index contributed by atoms with van der Waals surface area (Å²) < 4.78 is 6.47. The third-order valence-corrected chi connectivity index (χ3v) is 3.70. The Bertz CT molecular complexity index is 785. The van der Waals surface area contributed by atoms with E-state index >= 15 is 0 Å². The molecule has 1 saturated heterocycles. The van der Waals surface area contributed by atoms with E-state index in [0.29, 0.717) is 25.2 Å². The van der Waals surface area contributed by atoms with Crippen molar-refractivity contribution in [1.29, 1.82) is 0 Å². The Morgan fingerprint density at radius 3 is 2.86 bits per heavy atom. The molecule has 0 bridgehead atoms. The van der Waals surface area contributed by atoms with Crippen LogP contribution in [0.4, 0.5) is 0 Å². The van der Waals surface area contributed by atoms with Crippen LogP contribution in [0, 0.1) is 6.92 Å². The van der Waals surface area contributed by atoms with Crippen molar-refractivity contribution in [2.75, 3.05) is 13.2 Å². The van der Waals surface area contributed by atoms with Gasteiger partial charge in [0.15, 0.2) is 0 Å². The maximum absolute atomic E-state index is 12.1. The Morgan fingerprint density at radius 1 is 1.38 bits per heavy atom. The number of benzene rings is 1. The number of nitrogens with one attached hydrogen (secondary N) is 1. The van der Waals surface area contributed by atoms with Crippen LogP contribution >= 0.6 is 0 Å². The van der Waals surface area contributed by atoms with Crippen molar-refractivity contribution in [3.63, 3.8) is 0 Å². The Labute approximate surface area is 120 Å². The van der Waals surface area contributed by atoms with Gasteiger partial charge in [-0.2, -0.15) is 0 Å². The van der Waals surface area contributed by atoms with E-state index in [4.69, 9.17) is 4.74 Å². The second-order valence-electron chi connectivity index (χ2n) is 5.21. The van der Waals surface area contributed by atoms with Crippen LogP contribution in [-0.4, -0.2) is 27.9 Å². The number of hydrogen-bond donors (Lipinski definition) is 2. The molecule has 1 aromatic carbocycles. The highest BCUT2D eigenvalue weighted by molar-refractivity contribution is 5.67. The largest absolute Gasteiger partial charge is 0.494 e. The average Bonchev–Trinajstić information content (AvgIpc) is 2.92. The molecule has 6 nitrogen and oxygen atoms in total. The molecule has 6 heteroatoms. The van der Waals surface area contributed by atoms with Crippen LogP contribution in [0.3, 0.4) is 0 Å². The molecule has 1 fully saturated rings. The van der Waals surface area contributed by atoms with Crippen molar-refractivity contribution in [1.82, 2.24) is 9.55 Å². The summed E-state index contributed by atoms with van der Waals surface area (Å²) in [5.41, 5.74) is 0.475. The van der Waals surface area contributed by atoms with Crippen molar-refractivity contribution in [2.45, 2.75) is 19.4 Å². The predicted molar refractivity (Wildman–Crippen MR) is 77.6 cm³/mol. The number of aryl methyl sites for hydroxylation is 1. The zero-order valence-corrected chi connectivity index (χ0v) is 11.6. The molecule has 2 heterocycles. The van der Waals surface area contributed by atoms with Gasteiger partial charge in [0.1, 0.15) is 5.56 Å². The molecule has 1 aliphatic heterocycles. The summed E-state index contributed by atoms with van der Waals surface area (Å²) in [7, 11) is 0. The molecule has 2 N–H and O–H groups in total. The summed E-state index contributed by atoms with van der Waals surface area (Å²) in [5.74, 6) is -0.301. The SMILES string of the molecule is Cc1cccc(-c2c(O)n(C3CCOC3)c(=O)[nH]c2=O)c1. The maximum atomic E-state index is 12.1. The van der Waals surface area contributed by atoms with Crippen LogP contribution in [0.2, 0.25) is 0 Å². The minimum absolute atomic E-state index is 0.116. The van der Waals surface area contributed by atoms with Gasteiger partial charge in [0.05, 0.1) is 12.6 Å². The molecular weight excluding hydrogens is 272 g/mol. The van der Waals surface area contributed by atoms with E-state index in [1.807, 2.05) is 13.0 Å². The number of H-pyrrole nitrogens is 1. The number of nitrogens with zero attached hydrogens (tertiary/aromatic N) is 1. The van der Waals surface area contributed by atoms with Crippen LogP contribution in [0.5, 0.6) is 5.88 Å². The average molecular weight is 288 g/mol. The lowest BCUT2D eigenvalue weighted by molar-refractivity contribution is 0.183. The second-order valence-corrected chi connectivity index (χ2v) is 5.21. The summed E-state index contributed by atoms with van der Waals surface area (Å²) >= 11 is 0. The minimum atomic E-state index is -0.607. The molecule has 0 amide bonds. The zero-order valence-electron chi connectivity index (χ0n) is 11.6. The summed E-state index contributed by atoms with van der Waals surface area (Å²) in [4.78, 5) is 26.3. The van der Waals surface area contributed by atoms with E-state index in [9.17, 15) is 14.7 Å². The van der Waals surface area contributed by atoms with Gasteiger partial charge < -0.3 is 9.84 Å². The quantitative estimate of drug-likeness (QED) is 0.869. The van der Waals surface area contributed by atoms with Crippen LogP contribution < -0.4 is 11.2 Å². The molecule has 21 heavy (non-hydrogen) atoms. The molecule has 0 radical (unpaired) electrons. The molecule has 0 spiro atoms. The molecular formula is C15H16N2O4. The van der Waals surface area contributed by atoms with E-state index in [2.05, 4.69) is 4.98 Å². The Hall–Kier alpha value is -2.34. The molecule has 0 saturated carbocycles. The zero-order chi connectivity index (χ0) is 15.0. The fourth-order valence-corrected chi connectivity index (χ4v) is 2.66. The number of hydrogen-bond acceptors (Lipinski definition) is 4. The van der Waals surface area contributed by atoms with E-state index in [1.54, 1.807) is 18.2 Å². The van der Waals surface area contributed by atoms with E-state index in [1.165, 1.54) is 4.57 Å². The number of aromatic hydroxyl groups is 1. The van der Waals surface area contributed by atoms with Crippen molar-refractivity contribution in [2.24, 2.45) is 0 Å². The van der Waals surface area contributed by atoms with Crippen LogP contribution in [-0.2, 0) is 4.74 Å². The fourth-order valence-electron chi connectivity index (χ4n) is 2.66. The predicted octanol–water partition coefficient (Wildman–Crippen LogP) is 1.18. The minimum Gasteiger partial charge on any atom is -0.494 e. The van der Waals surface area contributed by atoms with Gasteiger partial charge in [-0.3, -0.25) is 14.3 Å². The number of rotatable bonds is 2. The highest BCUT2D eigenvalue weighted by atomic mass is 16.5. The van der Waals surface area contributed by atoms with Crippen molar-refractivity contribution < 1.29 is 9.84 Å². The van der Waals surface area contributed by atoms with Gasteiger partial charge in [-0.1, -0.05) is 29.8 Å². The highest BCUT2D eigenvalue weighted by Crippen LogP contribution is 2.29. The van der Waals surface area contributed by atoms with Crippen LogP contribution in [0.25, 0.3) is 11.1 Å². The third kappa shape index (κ3) is 2.38. The molecule has 1 aromatic heterocycles. The molecule has 1 aliphatic rings. The molecule has 0 aliphatic carbocycles. The summed E-state index contributed by atoms with van der Waals surface area (Å²) in [6.45, 7) is 2.79. The van der Waals surface area contributed by atoms with Crippen LogP contribution in [0.15, 0.2) is 33.9 Å². The van der Waals surface area contributed by atoms with Gasteiger partial charge in [0.25, 0.3) is 5.56 Å². The first kappa shape index (κ1) is 13.6. The number of aromatic nitrogens is 2. The summed E-state index contributed by atoms with van der Waals surface area (Å²) in [5, 5.41) is 10.4. The number of ether oxygens (including phenoxy) is 1. The van der Waals surface area contributed by atoms with E-state index < -0.39 is 11.2 Å². The number of aromatic amines is 1. The molecule has 1 unspecified atom stereocenters.